The van der Waals surface area contributed by atoms with Crippen molar-refractivity contribution in [2.75, 3.05) is 4.90 Å². The molecule has 0 aliphatic rings. The molecule has 0 fully saturated rings. The number of pyridine rings is 1. The third-order valence-electron chi connectivity index (χ3n) is 12.2. The Labute approximate surface area is 353 Å². The highest BCUT2D eigenvalue weighted by Crippen LogP contribution is 2.45. The van der Waals surface area contributed by atoms with Crippen LogP contribution in [-0.4, -0.2) is 4.40 Å². The van der Waals surface area contributed by atoms with Crippen molar-refractivity contribution < 1.29 is 4.42 Å². The second-order valence-corrected chi connectivity index (χ2v) is 15.7. The SMILES string of the molecule is c1ccc(-c2ccc(-c3ccc(N(c4ccc(-c5cc6ccccc6c6c(-c7ccccc7)c7ccccn7c56)cc4)c4ccc5c(c4)oc4ccccc45)cc3)cc2)cc1. The molecule has 0 bridgehead atoms. The zero-order valence-corrected chi connectivity index (χ0v) is 33.2. The topological polar surface area (TPSA) is 20.8 Å². The molecule has 3 heteroatoms. The zero-order chi connectivity index (χ0) is 40.3. The van der Waals surface area contributed by atoms with E-state index < -0.39 is 0 Å². The number of fused-ring (bicyclic) bond motifs is 8. The Kier molecular flexibility index (Phi) is 8.17. The van der Waals surface area contributed by atoms with Crippen molar-refractivity contribution >= 4 is 66.2 Å². The molecule has 0 N–H and O–H groups in total. The third-order valence-corrected chi connectivity index (χ3v) is 12.2. The van der Waals surface area contributed by atoms with Gasteiger partial charge in [-0.25, -0.2) is 0 Å². The first-order valence-corrected chi connectivity index (χ1v) is 20.8. The molecule has 61 heavy (non-hydrogen) atoms. The van der Waals surface area contributed by atoms with E-state index in [9.17, 15) is 0 Å². The number of nitrogens with zero attached hydrogens (tertiary/aromatic N) is 2. The summed E-state index contributed by atoms with van der Waals surface area (Å²) < 4.78 is 8.80. The van der Waals surface area contributed by atoms with E-state index in [0.29, 0.717) is 0 Å². The highest BCUT2D eigenvalue weighted by atomic mass is 16.3. The molecule has 12 aromatic rings. The number of hydrogen-bond acceptors (Lipinski definition) is 2. The van der Waals surface area contributed by atoms with E-state index in [1.807, 2.05) is 12.1 Å². The van der Waals surface area contributed by atoms with Gasteiger partial charge in [-0.2, -0.15) is 0 Å². The van der Waals surface area contributed by atoms with Gasteiger partial charge in [0.1, 0.15) is 11.2 Å². The minimum absolute atomic E-state index is 0.864. The van der Waals surface area contributed by atoms with Gasteiger partial charge in [0.2, 0.25) is 0 Å². The molecule has 0 saturated heterocycles. The number of benzene rings is 9. The highest BCUT2D eigenvalue weighted by molar-refractivity contribution is 6.22. The van der Waals surface area contributed by atoms with Crippen molar-refractivity contribution in [3.63, 3.8) is 0 Å². The van der Waals surface area contributed by atoms with Gasteiger partial charge in [0.15, 0.2) is 0 Å². The Balaban J connectivity index is 0.991. The van der Waals surface area contributed by atoms with E-state index in [1.54, 1.807) is 0 Å². The lowest BCUT2D eigenvalue weighted by Gasteiger charge is -2.26. The lowest BCUT2D eigenvalue weighted by molar-refractivity contribution is 0.669. The van der Waals surface area contributed by atoms with Crippen LogP contribution in [0.2, 0.25) is 0 Å². The summed E-state index contributed by atoms with van der Waals surface area (Å²) in [7, 11) is 0. The maximum absolute atomic E-state index is 6.43. The summed E-state index contributed by atoms with van der Waals surface area (Å²) in [4.78, 5) is 2.33. The average Bonchev–Trinajstić information content (AvgIpc) is 3.89. The van der Waals surface area contributed by atoms with E-state index in [2.05, 4.69) is 228 Å². The van der Waals surface area contributed by atoms with Gasteiger partial charge in [0.05, 0.1) is 11.0 Å². The highest BCUT2D eigenvalue weighted by Gasteiger charge is 2.21. The van der Waals surface area contributed by atoms with Crippen molar-refractivity contribution in [3.8, 4) is 44.5 Å². The zero-order valence-electron chi connectivity index (χ0n) is 33.2. The molecule has 0 spiro atoms. The Hall–Kier alpha value is -8.14. The van der Waals surface area contributed by atoms with E-state index in [1.165, 1.54) is 66.1 Å². The van der Waals surface area contributed by atoms with Gasteiger partial charge in [-0.05, 0) is 105 Å². The molecule has 9 aromatic carbocycles. The smallest absolute Gasteiger partial charge is 0.137 e. The molecule has 0 atom stereocenters. The van der Waals surface area contributed by atoms with E-state index in [4.69, 9.17) is 4.42 Å². The molecule has 0 saturated carbocycles. The first kappa shape index (κ1) is 34.9. The van der Waals surface area contributed by atoms with Crippen molar-refractivity contribution in [3.05, 3.63) is 231 Å². The number of aromatic nitrogens is 1. The summed E-state index contributed by atoms with van der Waals surface area (Å²) >= 11 is 0. The fourth-order valence-electron chi connectivity index (χ4n) is 9.31. The van der Waals surface area contributed by atoms with Crippen LogP contribution in [0.25, 0.3) is 93.6 Å². The van der Waals surface area contributed by atoms with Crippen LogP contribution in [0.1, 0.15) is 0 Å². The Bertz CT molecular complexity index is 3550. The van der Waals surface area contributed by atoms with Crippen LogP contribution in [0.3, 0.4) is 0 Å². The lowest BCUT2D eigenvalue weighted by atomic mass is 9.93. The maximum atomic E-state index is 6.43. The minimum Gasteiger partial charge on any atom is -0.456 e. The maximum Gasteiger partial charge on any atom is 0.137 e. The van der Waals surface area contributed by atoms with Crippen molar-refractivity contribution in [2.24, 2.45) is 0 Å². The van der Waals surface area contributed by atoms with Crippen LogP contribution in [0.5, 0.6) is 0 Å². The predicted octanol–water partition coefficient (Wildman–Crippen LogP) is 16.3. The van der Waals surface area contributed by atoms with Crippen molar-refractivity contribution in [2.45, 2.75) is 0 Å². The first-order chi connectivity index (χ1) is 30.2. The van der Waals surface area contributed by atoms with Gasteiger partial charge in [-0.1, -0.05) is 158 Å². The Morgan fingerprint density at radius 3 is 1.59 bits per heavy atom. The standard InChI is InChI=1S/C58H38N2O/c1-3-13-39(14-4-1)40-22-24-41(25-23-40)42-26-30-46(31-27-42)60(48-34-35-51-50-19-9-10-21-54(50)61-55(51)38-48)47-32-28-43(29-33-47)52-37-45-17-7-8-18-49(45)57-56(44-15-5-2-6-16-44)53-20-11-12-36-59(53)58(52)57/h1-38H. The van der Waals surface area contributed by atoms with Crippen molar-refractivity contribution in [1.29, 1.82) is 0 Å². The monoisotopic (exact) mass is 778 g/mol. The van der Waals surface area contributed by atoms with Gasteiger partial charge in [0, 0.05) is 56.6 Å². The Morgan fingerprint density at radius 2 is 0.885 bits per heavy atom. The Morgan fingerprint density at radius 1 is 0.361 bits per heavy atom. The van der Waals surface area contributed by atoms with E-state index >= 15 is 0 Å². The minimum atomic E-state index is 0.864. The quantitative estimate of drug-likeness (QED) is 0.161. The number of furan rings is 1. The average molecular weight is 779 g/mol. The first-order valence-electron chi connectivity index (χ1n) is 20.8. The number of anilines is 3. The van der Waals surface area contributed by atoms with Crippen LogP contribution in [-0.2, 0) is 0 Å². The molecule has 3 aromatic heterocycles. The number of rotatable bonds is 7. The molecular formula is C58H38N2O. The largest absolute Gasteiger partial charge is 0.456 e. The summed E-state index contributed by atoms with van der Waals surface area (Å²) in [6.45, 7) is 0. The van der Waals surface area contributed by atoms with E-state index in [-0.39, 0.29) is 0 Å². The van der Waals surface area contributed by atoms with Gasteiger partial charge in [0.25, 0.3) is 0 Å². The lowest BCUT2D eigenvalue weighted by Crippen LogP contribution is -2.09. The molecule has 0 unspecified atom stereocenters. The summed E-state index contributed by atoms with van der Waals surface area (Å²) in [5.74, 6) is 0. The molecule has 3 heterocycles. The summed E-state index contributed by atoms with van der Waals surface area (Å²) in [5, 5.41) is 5.97. The summed E-state index contributed by atoms with van der Waals surface area (Å²) in [6.07, 6.45) is 2.20. The van der Waals surface area contributed by atoms with Crippen LogP contribution in [0, 0.1) is 0 Å². The summed E-state index contributed by atoms with van der Waals surface area (Å²) in [5.41, 5.74) is 16.9. The fraction of sp³-hybridized carbons (Fsp3) is 0. The van der Waals surface area contributed by atoms with Gasteiger partial charge in [-0.3, -0.25) is 0 Å². The van der Waals surface area contributed by atoms with Crippen LogP contribution < -0.4 is 4.90 Å². The van der Waals surface area contributed by atoms with Crippen LogP contribution in [0.4, 0.5) is 17.1 Å². The molecule has 0 amide bonds. The van der Waals surface area contributed by atoms with E-state index in [0.717, 1.165) is 44.6 Å². The number of hydrogen-bond donors (Lipinski definition) is 0. The van der Waals surface area contributed by atoms with Gasteiger partial charge in [-0.15, -0.1) is 0 Å². The fourth-order valence-corrected chi connectivity index (χ4v) is 9.31. The third kappa shape index (κ3) is 5.90. The van der Waals surface area contributed by atoms with Gasteiger partial charge >= 0.3 is 0 Å². The molecule has 3 nitrogen and oxygen atoms in total. The molecule has 286 valence electrons. The van der Waals surface area contributed by atoms with Crippen molar-refractivity contribution in [1.82, 2.24) is 4.40 Å². The second-order valence-electron chi connectivity index (χ2n) is 15.7. The molecule has 12 rings (SSSR count). The molecule has 0 aliphatic heterocycles. The molecule has 0 radical (unpaired) electrons. The van der Waals surface area contributed by atoms with Crippen LogP contribution in [0.15, 0.2) is 235 Å². The normalized spacial score (nSPS) is 11.6. The molecule has 0 aliphatic carbocycles. The predicted molar refractivity (Wildman–Crippen MR) is 256 cm³/mol. The molecular weight excluding hydrogens is 741 g/mol. The van der Waals surface area contributed by atoms with Gasteiger partial charge < -0.3 is 13.7 Å². The second kappa shape index (κ2) is 14.3. The number of para-hydroxylation sites is 1. The van der Waals surface area contributed by atoms with Crippen LogP contribution >= 0.6 is 0 Å². The summed E-state index contributed by atoms with van der Waals surface area (Å²) in [6, 6.07) is 80.6.